The molecule has 4 nitrogen and oxygen atoms in total. The van der Waals surface area contributed by atoms with Crippen molar-refractivity contribution in [2.45, 2.75) is 26.4 Å². The third-order valence-electron chi connectivity index (χ3n) is 4.18. The molecule has 25 heavy (non-hydrogen) atoms. The van der Waals surface area contributed by atoms with Gasteiger partial charge in [0.25, 0.3) is 0 Å². The van der Waals surface area contributed by atoms with Crippen LogP contribution in [0, 0.1) is 6.92 Å². The minimum Gasteiger partial charge on any atom is -0.419 e. The number of hydrogen-bond acceptors (Lipinski definition) is 4. The van der Waals surface area contributed by atoms with E-state index in [2.05, 4.69) is 15.1 Å². The molecular weight excluding hydrogens is 357 g/mol. The molecule has 1 unspecified atom stereocenters. The van der Waals surface area contributed by atoms with Crippen LogP contribution < -0.4 is 0 Å². The van der Waals surface area contributed by atoms with Gasteiger partial charge >= 0.3 is 0 Å². The van der Waals surface area contributed by atoms with Gasteiger partial charge in [-0.05, 0) is 44.7 Å². The van der Waals surface area contributed by atoms with Gasteiger partial charge < -0.3 is 4.42 Å². The van der Waals surface area contributed by atoms with Gasteiger partial charge in [0.1, 0.15) is 0 Å². The van der Waals surface area contributed by atoms with Crippen LogP contribution in [0.15, 0.2) is 46.9 Å². The van der Waals surface area contributed by atoms with E-state index in [0.717, 1.165) is 16.7 Å². The van der Waals surface area contributed by atoms with E-state index in [1.807, 2.05) is 57.3 Å². The Hall–Kier alpha value is -1.88. The Labute approximate surface area is 157 Å². The van der Waals surface area contributed by atoms with Crippen LogP contribution in [0.2, 0.25) is 10.0 Å². The van der Waals surface area contributed by atoms with Crippen LogP contribution in [0.4, 0.5) is 0 Å². The van der Waals surface area contributed by atoms with Crippen molar-refractivity contribution >= 4 is 23.2 Å². The first kappa shape index (κ1) is 17.9. The van der Waals surface area contributed by atoms with Crippen molar-refractivity contribution in [2.75, 3.05) is 7.05 Å². The highest BCUT2D eigenvalue weighted by Gasteiger charge is 2.20. The normalized spacial score (nSPS) is 12.6. The molecule has 0 bridgehead atoms. The molecule has 3 rings (SSSR count). The van der Waals surface area contributed by atoms with Gasteiger partial charge in [-0.2, -0.15) is 0 Å². The monoisotopic (exact) mass is 375 g/mol. The van der Waals surface area contributed by atoms with Crippen LogP contribution in [-0.2, 0) is 6.54 Å². The first-order valence-electron chi connectivity index (χ1n) is 7.99. The SMILES string of the molecule is Cc1cccc(-c2nnc(C(C)N(C)Cc3cccc(Cl)c3Cl)o2)c1. The fourth-order valence-electron chi connectivity index (χ4n) is 2.56. The molecule has 0 radical (unpaired) electrons. The minimum absolute atomic E-state index is 0.0545. The van der Waals surface area contributed by atoms with Crippen molar-refractivity contribution in [1.29, 1.82) is 0 Å². The van der Waals surface area contributed by atoms with Gasteiger partial charge in [-0.1, -0.05) is 53.0 Å². The Kier molecular flexibility index (Phi) is 5.42. The summed E-state index contributed by atoms with van der Waals surface area (Å²) >= 11 is 12.4. The highest BCUT2D eigenvalue weighted by atomic mass is 35.5. The summed E-state index contributed by atoms with van der Waals surface area (Å²) in [5.74, 6) is 1.09. The van der Waals surface area contributed by atoms with Gasteiger partial charge in [0, 0.05) is 12.1 Å². The zero-order valence-corrected chi connectivity index (χ0v) is 15.8. The highest BCUT2D eigenvalue weighted by molar-refractivity contribution is 6.42. The lowest BCUT2D eigenvalue weighted by molar-refractivity contribution is 0.218. The Morgan fingerprint density at radius 3 is 2.64 bits per heavy atom. The average Bonchev–Trinajstić information content (AvgIpc) is 3.08. The molecular formula is C19H19Cl2N3O. The van der Waals surface area contributed by atoms with Crippen molar-refractivity contribution in [2.24, 2.45) is 0 Å². The Bertz CT molecular complexity index is 879. The summed E-state index contributed by atoms with van der Waals surface area (Å²) in [6.45, 7) is 4.68. The van der Waals surface area contributed by atoms with Gasteiger partial charge in [0.05, 0.1) is 16.1 Å². The van der Waals surface area contributed by atoms with Crippen LogP contribution >= 0.6 is 23.2 Å². The van der Waals surface area contributed by atoms with Crippen molar-refractivity contribution in [1.82, 2.24) is 15.1 Å². The first-order valence-corrected chi connectivity index (χ1v) is 8.75. The van der Waals surface area contributed by atoms with Crippen LogP contribution in [-0.4, -0.2) is 22.1 Å². The third kappa shape index (κ3) is 4.03. The highest BCUT2D eigenvalue weighted by Crippen LogP contribution is 2.29. The molecule has 0 N–H and O–H groups in total. The molecule has 0 amide bonds. The Morgan fingerprint density at radius 2 is 1.88 bits per heavy atom. The maximum atomic E-state index is 6.28. The van der Waals surface area contributed by atoms with E-state index >= 15 is 0 Å². The van der Waals surface area contributed by atoms with E-state index in [0.29, 0.717) is 28.4 Å². The fourth-order valence-corrected chi connectivity index (χ4v) is 2.94. The number of aromatic nitrogens is 2. The molecule has 0 spiro atoms. The second-order valence-electron chi connectivity index (χ2n) is 6.12. The fraction of sp³-hybridized carbons (Fsp3) is 0.263. The van der Waals surface area contributed by atoms with Crippen LogP contribution in [0.25, 0.3) is 11.5 Å². The lowest BCUT2D eigenvalue weighted by Gasteiger charge is -2.22. The Morgan fingerprint density at radius 1 is 1.12 bits per heavy atom. The van der Waals surface area contributed by atoms with E-state index in [-0.39, 0.29) is 6.04 Å². The summed E-state index contributed by atoms with van der Waals surface area (Å²) in [6, 6.07) is 13.6. The Balaban J connectivity index is 1.77. The van der Waals surface area contributed by atoms with E-state index in [9.17, 15) is 0 Å². The summed E-state index contributed by atoms with van der Waals surface area (Å²) in [4.78, 5) is 2.09. The number of halogens is 2. The van der Waals surface area contributed by atoms with Crippen molar-refractivity contribution in [3.63, 3.8) is 0 Å². The quantitative estimate of drug-likeness (QED) is 0.586. The summed E-state index contributed by atoms with van der Waals surface area (Å²) in [5, 5.41) is 9.52. The smallest absolute Gasteiger partial charge is 0.247 e. The molecule has 0 fully saturated rings. The van der Waals surface area contributed by atoms with Crippen LogP contribution in [0.5, 0.6) is 0 Å². The molecule has 1 heterocycles. The van der Waals surface area contributed by atoms with Crippen molar-refractivity contribution in [3.05, 3.63) is 69.5 Å². The molecule has 130 valence electrons. The minimum atomic E-state index is -0.0545. The summed E-state index contributed by atoms with van der Waals surface area (Å²) in [6.07, 6.45) is 0. The van der Waals surface area contributed by atoms with E-state index in [1.54, 1.807) is 6.07 Å². The van der Waals surface area contributed by atoms with Gasteiger partial charge in [0.2, 0.25) is 11.8 Å². The first-order chi connectivity index (χ1) is 12.0. The van der Waals surface area contributed by atoms with Crippen LogP contribution in [0.3, 0.4) is 0 Å². The predicted molar refractivity (Wildman–Crippen MR) is 101 cm³/mol. The number of benzene rings is 2. The van der Waals surface area contributed by atoms with Gasteiger partial charge in [0.15, 0.2) is 0 Å². The van der Waals surface area contributed by atoms with Gasteiger partial charge in [-0.25, -0.2) is 0 Å². The lowest BCUT2D eigenvalue weighted by Crippen LogP contribution is -2.22. The zero-order chi connectivity index (χ0) is 18.0. The number of rotatable bonds is 5. The molecule has 0 aliphatic rings. The molecule has 6 heteroatoms. The van der Waals surface area contributed by atoms with Gasteiger partial charge in [-0.15, -0.1) is 10.2 Å². The average molecular weight is 376 g/mol. The van der Waals surface area contributed by atoms with Crippen molar-refractivity contribution in [3.8, 4) is 11.5 Å². The summed E-state index contributed by atoms with van der Waals surface area (Å²) in [5.41, 5.74) is 3.03. The second-order valence-corrected chi connectivity index (χ2v) is 6.90. The third-order valence-corrected chi connectivity index (χ3v) is 5.03. The molecule has 0 aliphatic carbocycles. The molecule has 1 atom stereocenters. The van der Waals surface area contributed by atoms with Gasteiger partial charge in [-0.3, -0.25) is 4.90 Å². The number of aryl methyl sites for hydroxylation is 1. The van der Waals surface area contributed by atoms with E-state index < -0.39 is 0 Å². The van der Waals surface area contributed by atoms with E-state index in [1.165, 1.54) is 0 Å². The van der Waals surface area contributed by atoms with E-state index in [4.69, 9.17) is 27.6 Å². The number of hydrogen-bond donors (Lipinski definition) is 0. The number of nitrogens with zero attached hydrogens (tertiary/aromatic N) is 3. The maximum absolute atomic E-state index is 6.28. The maximum Gasteiger partial charge on any atom is 0.247 e. The molecule has 0 aliphatic heterocycles. The lowest BCUT2D eigenvalue weighted by atomic mass is 10.1. The summed E-state index contributed by atoms with van der Waals surface area (Å²) in [7, 11) is 1.98. The largest absolute Gasteiger partial charge is 0.419 e. The standard InChI is InChI=1S/C19H19Cl2N3O/c1-12-6-4-7-14(10-12)19-23-22-18(25-19)13(2)24(3)11-15-8-5-9-16(20)17(15)21/h4-10,13H,11H2,1-3H3. The molecule has 0 saturated carbocycles. The van der Waals surface area contributed by atoms with Crippen molar-refractivity contribution < 1.29 is 4.42 Å². The molecule has 1 aromatic heterocycles. The predicted octanol–water partition coefficient (Wildman–Crippen LogP) is 5.54. The topological polar surface area (TPSA) is 42.2 Å². The summed E-state index contributed by atoms with van der Waals surface area (Å²) < 4.78 is 5.88. The second kappa shape index (κ2) is 7.56. The molecule has 0 saturated heterocycles. The molecule has 2 aromatic carbocycles. The zero-order valence-electron chi connectivity index (χ0n) is 14.3. The van der Waals surface area contributed by atoms with Crippen LogP contribution in [0.1, 0.15) is 30.0 Å². The molecule has 3 aromatic rings.